The number of hydrogen-bond acceptors (Lipinski definition) is 8. The van der Waals surface area contributed by atoms with Gasteiger partial charge in [-0.05, 0) is 12.8 Å². The number of hydrogen-bond donors (Lipinski definition) is 0. The van der Waals surface area contributed by atoms with Crippen molar-refractivity contribution in [1.82, 2.24) is 0 Å². The molecule has 356 valence electrons. The molecule has 0 fully saturated rings. The molecule has 0 spiro atoms. The average Bonchev–Trinajstić information content (AvgIpc) is 3.21. The molecule has 0 saturated carbocycles. The van der Waals surface area contributed by atoms with Gasteiger partial charge < -0.3 is 33.3 Å². The number of likely N-dealkylation sites (N-methyl/N-ethyl adjacent to an activating group) is 1. The van der Waals surface area contributed by atoms with Crippen molar-refractivity contribution in [2.75, 3.05) is 47.5 Å². The summed E-state index contributed by atoms with van der Waals surface area (Å²) >= 11 is 0. The van der Waals surface area contributed by atoms with Crippen LogP contribution >= 0.6 is 0 Å². The second-order valence-corrected chi connectivity index (χ2v) is 18.8. The van der Waals surface area contributed by atoms with Gasteiger partial charge in [0.25, 0.3) is 0 Å². The normalized spacial score (nSPS) is 12.8. The lowest BCUT2D eigenvalue weighted by Gasteiger charge is -2.26. The molecule has 0 heterocycles. The molecule has 60 heavy (non-hydrogen) atoms. The summed E-state index contributed by atoms with van der Waals surface area (Å²) in [5.41, 5.74) is 0. The highest BCUT2D eigenvalue weighted by Gasteiger charge is 2.22. The molecule has 0 saturated heterocycles. The Morgan fingerprint density at radius 3 is 1.07 bits per heavy atom. The van der Waals surface area contributed by atoms with E-state index < -0.39 is 24.3 Å². The number of nitrogens with zero attached hydrogens (tertiary/aromatic N) is 1. The molecule has 0 aromatic carbocycles. The van der Waals surface area contributed by atoms with E-state index in [1.54, 1.807) is 0 Å². The maximum absolute atomic E-state index is 12.8. The summed E-state index contributed by atoms with van der Waals surface area (Å²) in [6.07, 6.45) is 42.8. The number of rotatable bonds is 48. The van der Waals surface area contributed by atoms with Crippen LogP contribution in [0.3, 0.4) is 0 Å². The number of carboxylic acid groups (broad SMARTS) is 1. The fraction of sp³-hybridized carbons (Fsp3) is 0.941. The van der Waals surface area contributed by atoms with E-state index in [-0.39, 0.29) is 32.2 Å². The lowest BCUT2D eigenvalue weighted by molar-refractivity contribution is -0.870. The van der Waals surface area contributed by atoms with Crippen LogP contribution in [0.2, 0.25) is 0 Å². The van der Waals surface area contributed by atoms with E-state index in [2.05, 4.69) is 13.8 Å². The Morgan fingerprint density at radius 1 is 0.433 bits per heavy atom. The fourth-order valence-corrected chi connectivity index (χ4v) is 7.60. The third-order valence-corrected chi connectivity index (χ3v) is 11.6. The first-order valence-corrected chi connectivity index (χ1v) is 25.7. The van der Waals surface area contributed by atoms with Gasteiger partial charge in [0.05, 0.1) is 40.3 Å². The van der Waals surface area contributed by atoms with Gasteiger partial charge in [-0.3, -0.25) is 9.59 Å². The quantitative estimate of drug-likeness (QED) is 0.0257. The van der Waals surface area contributed by atoms with Crippen molar-refractivity contribution in [1.29, 1.82) is 0 Å². The predicted octanol–water partition coefficient (Wildman–Crippen LogP) is 12.7. The van der Waals surface area contributed by atoms with E-state index in [0.717, 1.165) is 38.5 Å². The molecule has 0 aliphatic heterocycles. The molecule has 0 bridgehead atoms. The van der Waals surface area contributed by atoms with Crippen molar-refractivity contribution in [2.45, 2.75) is 264 Å². The van der Waals surface area contributed by atoms with E-state index in [9.17, 15) is 19.5 Å². The zero-order valence-electron chi connectivity index (χ0n) is 40.4. The Balaban J connectivity index is 4.24. The van der Waals surface area contributed by atoms with Gasteiger partial charge in [0.2, 0.25) is 0 Å². The minimum atomic E-state index is -1.61. The third kappa shape index (κ3) is 44.3. The molecule has 2 unspecified atom stereocenters. The first-order valence-electron chi connectivity index (χ1n) is 25.7. The van der Waals surface area contributed by atoms with Crippen LogP contribution in [0.4, 0.5) is 0 Å². The van der Waals surface area contributed by atoms with Crippen molar-refractivity contribution < 1.29 is 42.9 Å². The smallest absolute Gasteiger partial charge is 0.306 e. The number of carbonyl (C=O) groups excluding carboxylic acids is 3. The van der Waals surface area contributed by atoms with Crippen LogP contribution < -0.4 is 5.11 Å². The summed E-state index contributed by atoms with van der Waals surface area (Å²) in [5.74, 6) is -2.26. The summed E-state index contributed by atoms with van der Waals surface area (Å²) < 4.78 is 22.6. The van der Waals surface area contributed by atoms with Crippen LogP contribution in [0.1, 0.15) is 251 Å². The predicted molar refractivity (Wildman–Crippen MR) is 247 cm³/mol. The summed E-state index contributed by atoms with van der Waals surface area (Å²) in [6, 6.07) is 0. The van der Waals surface area contributed by atoms with Crippen LogP contribution in [0.5, 0.6) is 0 Å². The Bertz CT molecular complexity index is 954. The lowest BCUT2D eigenvalue weighted by Crippen LogP contribution is -2.44. The van der Waals surface area contributed by atoms with Crippen molar-refractivity contribution in [2.24, 2.45) is 0 Å². The van der Waals surface area contributed by atoms with Gasteiger partial charge >= 0.3 is 11.9 Å². The van der Waals surface area contributed by atoms with E-state index in [1.165, 1.54) is 186 Å². The standard InChI is InChI=1S/C51H99NO8/c1-6-8-10-12-14-16-18-20-21-22-23-24-25-26-27-28-30-32-34-36-38-40-42-49(54)60-47(46-59-51(50(55)56)57-44-43-52(3,4)5)45-58-48(53)41-39-37-35-33-31-29-19-17-15-13-11-9-7-2/h47,51H,6-46H2,1-5H3. The zero-order chi connectivity index (χ0) is 44.2. The Labute approximate surface area is 371 Å². The maximum Gasteiger partial charge on any atom is 0.306 e. The Hall–Kier alpha value is -1.71. The number of ether oxygens (including phenoxy) is 4. The summed E-state index contributed by atoms with van der Waals surface area (Å²) in [7, 11) is 5.92. The first-order chi connectivity index (χ1) is 29.1. The molecule has 0 aromatic rings. The van der Waals surface area contributed by atoms with Crippen LogP contribution in [0.15, 0.2) is 0 Å². The van der Waals surface area contributed by atoms with E-state index in [4.69, 9.17) is 18.9 Å². The van der Waals surface area contributed by atoms with Crippen LogP contribution in [-0.4, -0.2) is 82.3 Å². The number of aliphatic carboxylic acids is 1. The fourth-order valence-electron chi connectivity index (χ4n) is 7.60. The van der Waals surface area contributed by atoms with Gasteiger partial charge in [0, 0.05) is 12.8 Å². The average molecular weight is 854 g/mol. The highest BCUT2D eigenvalue weighted by Crippen LogP contribution is 2.17. The first kappa shape index (κ1) is 58.3. The highest BCUT2D eigenvalue weighted by molar-refractivity contribution is 5.70. The number of carbonyl (C=O) groups is 3. The SMILES string of the molecule is CCCCCCCCCCCCCCCCCCCCCCCCC(=O)OC(COC(=O)CCCCCCCCCCCCCCC)COC(OCC[N+](C)(C)C)C(=O)[O-]. The molecule has 0 amide bonds. The molecule has 9 heteroatoms. The molecular formula is C51H99NO8. The van der Waals surface area contributed by atoms with Crippen LogP contribution in [0.25, 0.3) is 0 Å². The number of quaternary nitrogens is 1. The second-order valence-electron chi connectivity index (χ2n) is 18.8. The monoisotopic (exact) mass is 854 g/mol. The summed E-state index contributed by atoms with van der Waals surface area (Å²) in [4.78, 5) is 37.1. The van der Waals surface area contributed by atoms with Crippen LogP contribution in [0, 0.1) is 0 Å². The van der Waals surface area contributed by atoms with Gasteiger partial charge in [0.1, 0.15) is 13.2 Å². The van der Waals surface area contributed by atoms with E-state index in [1.807, 2.05) is 21.1 Å². The summed E-state index contributed by atoms with van der Waals surface area (Å²) in [5, 5.41) is 11.7. The van der Waals surface area contributed by atoms with E-state index >= 15 is 0 Å². The zero-order valence-corrected chi connectivity index (χ0v) is 40.4. The number of unbranched alkanes of at least 4 members (excludes halogenated alkanes) is 33. The second kappa shape index (κ2) is 43.9. The molecule has 0 aliphatic rings. The minimum absolute atomic E-state index is 0.153. The molecule has 0 aromatic heterocycles. The van der Waals surface area contributed by atoms with Crippen molar-refractivity contribution in [3.63, 3.8) is 0 Å². The minimum Gasteiger partial charge on any atom is -0.545 e. The maximum atomic E-state index is 12.8. The van der Waals surface area contributed by atoms with Crippen molar-refractivity contribution in [3.8, 4) is 0 Å². The summed E-state index contributed by atoms with van der Waals surface area (Å²) in [6.45, 7) is 4.79. The van der Waals surface area contributed by atoms with Crippen molar-refractivity contribution in [3.05, 3.63) is 0 Å². The Kier molecular flexibility index (Phi) is 42.7. The molecule has 0 N–H and O–H groups in total. The van der Waals surface area contributed by atoms with Gasteiger partial charge in [-0.2, -0.15) is 0 Å². The number of carboxylic acids is 1. The van der Waals surface area contributed by atoms with Gasteiger partial charge in [-0.1, -0.05) is 226 Å². The van der Waals surface area contributed by atoms with Gasteiger partial charge in [-0.15, -0.1) is 0 Å². The molecule has 0 radical (unpaired) electrons. The molecule has 9 nitrogen and oxygen atoms in total. The van der Waals surface area contributed by atoms with Gasteiger partial charge in [-0.25, -0.2) is 0 Å². The topological polar surface area (TPSA) is 111 Å². The van der Waals surface area contributed by atoms with E-state index in [0.29, 0.717) is 17.4 Å². The molecular weight excluding hydrogens is 755 g/mol. The molecule has 0 aliphatic carbocycles. The van der Waals surface area contributed by atoms with Crippen molar-refractivity contribution >= 4 is 17.9 Å². The third-order valence-electron chi connectivity index (χ3n) is 11.6. The lowest BCUT2D eigenvalue weighted by atomic mass is 10.0. The van der Waals surface area contributed by atoms with Crippen LogP contribution in [-0.2, 0) is 33.3 Å². The Morgan fingerprint density at radius 2 is 0.750 bits per heavy atom. The van der Waals surface area contributed by atoms with Gasteiger partial charge in [0.15, 0.2) is 12.4 Å². The highest BCUT2D eigenvalue weighted by atomic mass is 16.7. The number of esters is 2. The molecule has 2 atom stereocenters. The largest absolute Gasteiger partial charge is 0.545 e. The molecule has 0 rings (SSSR count).